The van der Waals surface area contributed by atoms with Gasteiger partial charge in [-0.1, -0.05) is 6.08 Å². The van der Waals surface area contributed by atoms with E-state index in [1.165, 1.54) is 5.06 Å². The van der Waals surface area contributed by atoms with Gasteiger partial charge in [0.1, 0.15) is 17.9 Å². The third-order valence-electron chi connectivity index (χ3n) is 4.12. The van der Waals surface area contributed by atoms with Crippen LogP contribution in [0, 0.1) is 0 Å². The highest BCUT2D eigenvalue weighted by atomic mass is 32.1. The van der Waals surface area contributed by atoms with E-state index in [1.807, 2.05) is 5.51 Å². The highest BCUT2D eigenvalue weighted by Crippen LogP contribution is 2.45. The molecule has 1 fully saturated rings. The SMILES string of the molecule is C=CCON1C(=O)N2C[C@H]1c1scnc1[C@H]2C1=NCCN1.O=C(O)C(F)(F)F. The van der Waals surface area contributed by atoms with Crippen LogP contribution in [0.15, 0.2) is 23.2 Å². The van der Waals surface area contributed by atoms with Crippen molar-refractivity contribution in [3.05, 3.63) is 28.7 Å². The number of carboxylic acid groups (broad SMARTS) is 1. The molecule has 1 aromatic heterocycles. The van der Waals surface area contributed by atoms with Crippen molar-refractivity contribution in [2.45, 2.75) is 18.3 Å². The minimum atomic E-state index is -5.08. The van der Waals surface area contributed by atoms with Gasteiger partial charge in [0.2, 0.25) is 0 Å². The van der Waals surface area contributed by atoms with Crippen molar-refractivity contribution < 1.29 is 32.7 Å². The molecule has 2 bridgehead atoms. The first kappa shape index (κ1) is 20.1. The lowest BCUT2D eigenvalue weighted by Crippen LogP contribution is -2.42. The van der Waals surface area contributed by atoms with Crippen molar-refractivity contribution in [1.82, 2.24) is 20.3 Å². The number of fused-ring (bicyclic) bond motifs is 4. The number of carbonyl (C=O) groups is 2. The van der Waals surface area contributed by atoms with Gasteiger partial charge in [-0.2, -0.15) is 18.2 Å². The molecule has 28 heavy (non-hydrogen) atoms. The van der Waals surface area contributed by atoms with Crippen molar-refractivity contribution in [3.63, 3.8) is 0 Å². The molecule has 2 amide bonds. The van der Waals surface area contributed by atoms with Crippen LogP contribution in [0.1, 0.15) is 22.7 Å². The third kappa shape index (κ3) is 3.67. The molecule has 1 saturated heterocycles. The number of aromatic nitrogens is 1. The smallest absolute Gasteiger partial charge is 0.475 e. The lowest BCUT2D eigenvalue weighted by molar-refractivity contribution is -0.192. The van der Waals surface area contributed by atoms with Gasteiger partial charge in [-0.15, -0.1) is 17.9 Å². The number of nitrogens with one attached hydrogen (secondary N) is 1. The van der Waals surface area contributed by atoms with Gasteiger partial charge in [0.05, 0.1) is 35.8 Å². The molecule has 4 heterocycles. The number of hydrogen-bond acceptors (Lipinski definition) is 7. The summed E-state index contributed by atoms with van der Waals surface area (Å²) in [5.74, 6) is -1.92. The maximum Gasteiger partial charge on any atom is 0.490 e. The predicted octanol–water partition coefficient (Wildman–Crippen LogP) is 1.73. The number of nitrogens with zero attached hydrogens (tertiary/aromatic N) is 4. The summed E-state index contributed by atoms with van der Waals surface area (Å²) in [6, 6.07) is -0.429. The van der Waals surface area contributed by atoms with Gasteiger partial charge in [0.25, 0.3) is 0 Å². The lowest BCUT2D eigenvalue weighted by atomic mass is 10.0. The molecule has 2 N–H and O–H groups in total. The van der Waals surface area contributed by atoms with Crippen LogP contribution in [0.5, 0.6) is 0 Å². The molecule has 0 aliphatic carbocycles. The number of amidine groups is 1. The van der Waals surface area contributed by atoms with E-state index < -0.39 is 12.1 Å². The maximum atomic E-state index is 12.6. The van der Waals surface area contributed by atoms with Crippen LogP contribution in [0.4, 0.5) is 18.0 Å². The number of carbonyl (C=O) groups excluding carboxylic acids is 1. The zero-order chi connectivity index (χ0) is 20.5. The first-order valence-electron chi connectivity index (χ1n) is 8.11. The Balaban J connectivity index is 0.000000279. The van der Waals surface area contributed by atoms with Crippen molar-refractivity contribution in [1.29, 1.82) is 0 Å². The second-order valence-corrected chi connectivity index (χ2v) is 6.75. The van der Waals surface area contributed by atoms with Gasteiger partial charge >= 0.3 is 18.2 Å². The number of hydrogen-bond donors (Lipinski definition) is 2. The molecular formula is C15H16F3N5O4S. The Hall–Kier alpha value is -2.67. The molecule has 0 saturated carbocycles. The molecule has 1 aromatic rings. The summed E-state index contributed by atoms with van der Waals surface area (Å²) in [5, 5.41) is 11.8. The Morgan fingerprint density at radius 3 is 2.82 bits per heavy atom. The monoisotopic (exact) mass is 419 g/mol. The molecule has 3 aliphatic heterocycles. The second kappa shape index (κ2) is 7.75. The number of alkyl halides is 3. The Kier molecular flexibility index (Phi) is 5.56. The summed E-state index contributed by atoms with van der Waals surface area (Å²) in [6.45, 7) is 6.11. The molecule has 13 heteroatoms. The van der Waals surface area contributed by atoms with Gasteiger partial charge in [-0.05, 0) is 0 Å². The van der Waals surface area contributed by atoms with E-state index in [0.29, 0.717) is 13.2 Å². The molecule has 4 rings (SSSR count). The number of aliphatic imine (C=N–C) groups is 1. The zero-order valence-corrected chi connectivity index (χ0v) is 15.2. The summed E-state index contributed by atoms with van der Waals surface area (Å²) in [4.78, 5) is 38.9. The van der Waals surface area contributed by atoms with Crippen LogP contribution in [0.3, 0.4) is 0 Å². The summed E-state index contributed by atoms with van der Waals surface area (Å²) < 4.78 is 31.7. The summed E-state index contributed by atoms with van der Waals surface area (Å²) in [7, 11) is 0. The Labute approximate surface area is 161 Å². The average molecular weight is 419 g/mol. The molecule has 9 nitrogen and oxygen atoms in total. The first-order valence-corrected chi connectivity index (χ1v) is 8.99. The van der Waals surface area contributed by atoms with Crippen molar-refractivity contribution in [2.75, 3.05) is 26.2 Å². The van der Waals surface area contributed by atoms with E-state index in [-0.39, 0.29) is 18.1 Å². The van der Waals surface area contributed by atoms with E-state index in [9.17, 15) is 18.0 Å². The van der Waals surface area contributed by atoms with Crippen LogP contribution < -0.4 is 5.32 Å². The highest BCUT2D eigenvalue weighted by molar-refractivity contribution is 7.09. The molecule has 3 aliphatic rings. The van der Waals surface area contributed by atoms with Gasteiger partial charge < -0.3 is 15.3 Å². The molecule has 0 unspecified atom stereocenters. The number of carboxylic acids is 1. The Morgan fingerprint density at radius 2 is 2.25 bits per heavy atom. The van der Waals surface area contributed by atoms with Gasteiger partial charge in [0, 0.05) is 6.54 Å². The van der Waals surface area contributed by atoms with E-state index in [4.69, 9.17) is 14.7 Å². The van der Waals surface area contributed by atoms with E-state index >= 15 is 0 Å². The van der Waals surface area contributed by atoms with Crippen LogP contribution in [0.2, 0.25) is 0 Å². The normalized spacial score (nSPS) is 22.8. The number of halogens is 3. The maximum absolute atomic E-state index is 12.6. The predicted molar refractivity (Wildman–Crippen MR) is 91.7 cm³/mol. The first-order chi connectivity index (χ1) is 13.3. The second-order valence-electron chi connectivity index (χ2n) is 5.86. The van der Waals surface area contributed by atoms with Crippen LogP contribution >= 0.6 is 11.3 Å². The standard InChI is InChI=1S/C13H15N5O2S.C2HF3O2/c1-2-5-20-18-8-6-17(13(18)19)10(12-14-3-4-15-12)9-11(8)21-7-16-9;3-2(4,5)1(6)7/h2,7-8,10H,1,3-6H2,(H,14,15);(H,6,7)/t8-,10-;/m0./s1. The fourth-order valence-electron chi connectivity index (χ4n) is 3.02. The van der Waals surface area contributed by atoms with Crippen molar-refractivity contribution >= 4 is 29.2 Å². The van der Waals surface area contributed by atoms with Crippen LogP contribution in [-0.2, 0) is 9.63 Å². The van der Waals surface area contributed by atoms with E-state index in [2.05, 4.69) is 21.9 Å². The number of thiazole rings is 1. The fraction of sp³-hybridized carbons (Fsp3) is 0.467. The molecule has 2 atom stereocenters. The van der Waals surface area contributed by atoms with Gasteiger partial charge in [-0.3, -0.25) is 9.83 Å². The zero-order valence-electron chi connectivity index (χ0n) is 14.3. The highest BCUT2D eigenvalue weighted by Gasteiger charge is 2.51. The summed E-state index contributed by atoms with van der Waals surface area (Å²) in [5.41, 5.74) is 2.74. The van der Waals surface area contributed by atoms with Gasteiger partial charge in [0.15, 0.2) is 0 Å². The molecule has 0 aromatic carbocycles. The minimum Gasteiger partial charge on any atom is -0.475 e. The van der Waals surface area contributed by atoms with Crippen molar-refractivity contribution in [3.8, 4) is 0 Å². The largest absolute Gasteiger partial charge is 0.490 e. The molecular weight excluding hydrogens is 403 g/mol. The van der Waals surface area contributed by atoms with E-state index in [1.54, 1.807) is 22.3 Å². The van der Waals surface area contributed by atoms with Gasteiger partial charge in [-0.25, -0.2) is 14.6 Å². The number of urea groups is 1. The Bertz CT molecular complexity index is 812. The summed E-state index contributed by atoms with van der Waals surface area (Å²) in [6.07, 6.45) is -3.45. The Morgan fingerprint density at radius 1 is 1.54 bits per heavy atom. The van der Waals surface area contributed by atoms with Crippen molar-refractivity contribution in [2.24, 2.45) is 4.99 Å². The molecule has 0 spiro atoms. The number of aliphatic carboxylic acids is 1. The fourth-order valence-corrected chi connectivity index (χ4v) is 3.92. The summed E-state index contributed by atoms with van der Waals surface area (Å²) >= 11 is 1.57. The lowest BCUT2D eigenvalue weighted by Gasteiger charge is -2.29. The average Bonchev–Trinajstić information content (AvgIpc) is 3.36. The number of rotatable bonds is 4. The van der Waals surface area contributed by atoms with E-state index in [0.717, 1.165) is 29.5 Å². The minimum absolute atomic E-state index is 0.0850. The quantitative estimate of drug-likeness (QED) is 0.720. The van der Waals surface area contributed by atoms with Crippen LogP contribution in [0.25, 0.3) is 0 Å². The molecule has 0 radical (unpaired) electrons. The number of amides is 2. The van der Waals surface area contributed by atoms with Crippen LogP contribution in [-0.4, -0.2) is 70.3 Å². The molecule has 152 valence electrons. The third-order valence-corrected chi connectivity index (χ3v) is 5.06. The number of hydroxylamine groups is 2. The topological polar surface area (TPSA) is 107 Å².